The van der Waals surface area contributed by atoms with Gasteiger partial charge in [0.25, 0.3) is 0 Å². The van der Waals surface area contributed by atoms with Gasteiger partial charge < -0.3 is 16.0 Å². The average molecular weight is 608 g/mol. The Hall–Kier alpha value is -3.10. The second-order valence-corrected chi connectivity index (χ2v) is 11.9. The molecule has 9 heteroatoms. The molecule has 4 aromatic rings. The Kier molecular flexibility index (Phi) is 7.25. The van der Waals surface area contributed by atoms with Crippen LogP contribution in [-0.2, 0) is 13.1 Å². The maximum atomic E-state index is 12.8. The second kappa shape index (κ2) is 10.8. The van der Waals surface area contributed by atoms with E-state index in [4.69, 9.17) is 16.6 Å². The van der Waals surface area contributed by atoms with Crippen LogP contribution in [0.3, 0.4) is 0 Å². The fourth-order valence-electron chi connectivity index (χ4n) is 6.60. The number of fused-ring (bicyclic) bond motifs is 3. The van der Waals surface area contributed by atoms with Gasteiger partial charge in [-0.3, -0.25) is 0 Å². The fourth-order valence-corrected chi connectivity index (χ4v) is 7.18. The van der Waals surface area contributed by atoms with E-state index < -0.39 is 0 Å². The molecular formula is C30H32BrClN6O. The molecule has 0 saturated heterocycles. The quantitative estimate of drug-likeness (QED) is 0.198. The third-order valence-electron chi connectivity index (χ3n) is 8.64. The number of aromatic nitrogens is 3. The molecular weight excluding hydrogens is 576 g/mol. The molecule has 2 heterocycles. The van der Waals surface area contributed by atoms with E-state index in [1.807, 2.05) is 30.3 Å². The van der Waals surface area contributed by atoms with Gasteiger partial charge in [-0.2, -0.15) is 9.61 Å². The van der Waals surface area contributed by atoms with E-state index >= 15 is 0 Å². The summed E-state index contributed by atoms with van der Waals surface area (Å²) in [7, 11) is 0. The summed E-state index contributed by atoms with van der Waals surface area (Å²) in [6, 6.07) is 17.9. The third kappa shape index (κ3) is 5.00. The van der Waals surface area contributed by atoms with Gasteiger partial charge in [-0.1, -0.05) is 61.0 Å². The first-order valence-electron chi connectivity index (χ1n) is 13.6. The van der Waals surface area contributed by atoms with Crippen LogP contribution in [0.5, 0.6) is 0 Å². The van der Waals surface area contributed by atoms with Crippen molar-refractivity contribution in [2.24, 2.45) is 11.8 Å². The maximum absolute atomic E-state index is 12.8. The number of nitrogens with zero attached hydrogens (tertiary/aromatic N) is 3. The number of nitrogens with one attached hydrogen (secondary N) is 3. The van der Waals surface area contributed by atoms with Gasteiger partial charge in [0.05, 0.1) is 16.4 Å². The smallest absolute Gasteiger partial charge is 0.315 e. The van der Waals surface area contributed by atoms with E-state index in [1.165, 1.54) is 25.7 Å². The van der Waals surface area contributed by atoms with Crippen LogP contribution < -0.4 is 16.0 Å². The number of halogens is 2. The highest BCUT2D eigenvalue weighted by molar-refractivity contribution is 9.10. The molecule has 39 heavy (non-hydrogen) atoms. The molecule has 2 aromatic heterocycles. The zero-order valence-corrected chi connectivity index (χ0v) is 24.2. The van der Waals surface area contributed by atoms with Gasteiger partial charge in [0.2, 0.25) is 0 Å². The van der Waals surface area contributed by atoms with Crippen molar-refractivity contribution in [2.75, 3.05) is 5.32 Å². The molecule has 0 aliphatic heterocycles. The molecule has 2 amide bonds. The van der Waals surface area contributed by atoms with Crippen molar-refractivity contribution in [2.45, 2.75) is 57.7 Å². The van der Waals surface area contributed by atoms with Crippen molar-refractivity contribution in [3.05, 3.63) is 81.4 Å². The van der Waals surface area contributed by atoms with Gasteiger partial charge >= 0.3 is 6.03 Å². The first-order chi connectivity index (χ1) is 19.0. The van der Waals surface area contributed by atoms with Crippen molar-refractivity contribution >= 4 is 45.0 Å². The van der Waals surface area contributed by atoms with E-state index in [9.17, 15) is 4.79 Å². The van der Waals surface area contributed by atoms with Crippen molar-refractivity contribution in [1.82, 2.24) is 25.2 Å². The summed E-state index contributed by atoms with van der Waals surface area (Å²) in [5, 5.41) is 15.1. The highest BCUT2D eigenvalue weighted by Gasteiger charge is 2.53. The number of carbonyl (C=O) groups excluding carboxylic acids is 1. The minimum atomic E-state index is -0.0530. The van der Waals surface area contributed by atoms with Crippen molar-refractivity contribution in [3.63, 3.8) is 0 Å². The summed E-state index contributed by atoms with van der Waals surface area (Å²) in [6.45, 7) is 3.32. The van der Waals surface area contributed by atoms with E-state index in [1.54, 1.807) is 10.7 Å². The van der Waals surface area contributed by atoms with Crippen LogP contribution in [0.4, 0.5) is 10.6 Å². The topological polar surface area (TPSA) is 83.4 Å². The van der Waals surface area contributed by atoms with Crippen LogP contribution in [0, 0.1) is 11.8 Å². The lowest BCUT2D eigenvalue weighted by Crippen LogP contribution is -2.54. The van der Waals surface area contributed by atoms with Crippen molar-refractivity contribution in [1.29, 1.82) is 0 Å². The molecule has 2 aliphatic carbocycles. The fraction of sp³-hybridized carbons (Fsp3) is 0.367. The normalized spacial score (nSPS) is 21.8. The molecule has 0 atom stereocenters. The summed E-state index contributed by atoms with van der Waals surface area (Å²) >= 11 is 10.0. The number of rotatable bonds is 8. The van der Waals surface area contributed by atoms with Crippen LogP contribution >= 0.6 is 27.5 Å². The first kappa shape index (κ1) is 26.1. The maximum Gasteiger partial charge on any atom is 0.315 e. The van der Waals surface area contributed by atoms with Crippen molar-refractivity contribution in [3.8, 4) is 11.3 Å². The largest absolute Gasteiger partial charge is 0.366 e. The minimum absolute atomic E-state index is 0.00609. The Balaban J connectivity index is 1.10. The SMILES string of the molecule is CCC1(NC(=O)NCc2ccc(CNc3cc(-c4ccccc4Cl)nc4c(Br)cnn34)cc2)C2CCC1CC2. The van der Waals surface area contributed by atoms with Crippen LogP contribution in [0.25, 0.3) is 16.9 Å². The molecule has 0 spiro atoms. The number of carbonyl (C=O) groups is 1. The number of urea groups is 1. The predicted molar refractivity (Wildman–Crippen MR) is 159 cm³/mol. The van der Waals surface area contributed by atoms with E-state index in [0.717, 1.165) is 39.1 Å². The lowest BCUT2D eigenvalue weighted by molar-refractivity contribution is 0.200. The molecule has 2 aromatic carbocycles. The van der Waals surface area contributed by atoms with Gasteiger partial charge in [0.1, 0.15) is 5.82 Å². The molecule has 7 nitrogen and oxygen atoms in total. The number of benzene rings is 2. The van der Waals surface area contributed by atoms with Crippen LogP contribution in [0.2, 0.25) is 5.02 Å². The Morgan fingerprint density at radius 1 is 1.05 bits per heavy atom. The Bertz CT molecular complexity index is 1480. The Labute approximate surface area is 241 Å². The number of hydrogen-bond acceptors (Lipinski definition) is 4. The zero-order chi connectivity index (χ0) is 27.0. The summed E-state index contributed by atoms with van der Waals surface area (Å²) < 4.78 is 2.59. The molecule has 2 bridgehead atoms. The zero-order valence-electron chi connectivity index (χ0n) is 21.9. The monoisotopic (exact) mass is 606 g/mol. The van der Waals surface area contributed by atoms with Crippen molar-refractivity contribution < 1.29 is 4.79 Å². The summed E-state index contributed by atoms with van der Waals surface area (Å²) in [4.78, 5) is 17.6. The molecule has 2 aliphatic rings. The third-order valence-corrected chi connectivity index (χ3v) is 9.53. The van der Waals surface area contributed by atoms with Crippen LogP contribution in [-0.4, -0.2) is 26.2 Å². The molecule has 202 valence electrons. The standard InChI is InChI=1S/C30H32BrClN6O/c1-2-30(21-11-12-22(30)14-13-21)37-29(39)34-17-20-9-7-19(8-10-20)16-33-27-15-26(23-5-3-4-6-25(23)32)36-28-24(31)18-35-38(27)28/h3-10,15,18,21-22,33H,2,11-14,16-17H2,1H3,(H2,34,37,39). The number of amides is 2. The van der Waals surface area contributed by atoms with Gasteiger partial charge in [-0.25, -0.2) is 9.78 Å². The van der Waals surface area contributed by atoms with Gasteiger partial charge in [0.15, 0.2) is 5.65 Å². The van der Waals surface area contributed by atoms with E-state index in [2.05, 4.69) is 68.2 Å². The highest BCUT2D eigenvalue weighted by Crippen LogP contribution is 2.53. The molecule has 2 saturated carbocycles. The molecule has 3 N–H and O–H groups in total. The van der Waals surface area contributed by atoms with Gasteiger partial charge in [-0.15, -0.1) is 0 Å². The molecule has 0 unspecified atom stereocenters. The first-order valence-corrected chi connectivity index (χ1v) is 14.8. The minimum Gasteiger partial charge on any atom is -0.366 e. The molecule has 0 radical (unpaired) electrons. The summed E-state index contributed by atoms with van der Waals surface area (Å²) in [5.74, 6) is 2.08. The highest BCUT2D eigenvalue weighted by atomic mass is 79.9. The molecule has 2 fully saturated rings. The second-order valence-electron chi connectivity index (χ2n) is 10.7. The Morgan fingerprint density at radius 2 is 1.72 bits per heavy atom. The van der Waals surface area contributed by atoms with Crippen LogP contribution in [0.15, 0.2) is 65.3 Å². The lowest BCUT2D eigenvalue weighted by Gasteiger charge is -2.34. The molecule has 6 rings (SSSR count). The lowest BCUT2D eigenvalue weighted by atomic mass is 9.85. The summed E-state index contributed by atoms with van der Waals surface area (Å²) in [5.41, 5.74) is 4.53. The van der Waals surface area contributed by atoms with E-state index in [-0.39, 0.29) is 11.6 Å². The van der Waals surface area contributed by atoms with Gasteiger partial charge in [0, 0.05) is 35.3 Å². The van der Waals surface area contributed by atoms with Gasteiger partial charge in [-0.05, 0) is 77.1 Å². The predicted octanol–water partition coefficient (Wildman–Crippen LogP) is 7.19. The summed E-state index contributed by atoms with van der Waals surface area (Å²) in [6.07, 6.45) is 7.74. The Morgan fingerprint density at radius 3 is 2.38 bits per heavy atom. The van der Waals surface area contributed by atoms with E-state index in [0.29, 0.717) is 35.6 Å². The number of hydrogen-bond donors (Lipinski definition) is 3. The number of anilines is 1. The van der Waals surface area contributed by atoms with Crippen LogP contribution in [0.1, 0.15) is 50.2 Å². The average Bonchev–Trinajstić information content (AvgIpc) is 3.62.